The first kappa shape index (κ1) is 15.0. The first-order valence-electron chi connectivity index (χ1n) is 5.61. The van der Waals surface area contributed by atoms with E-state index in [0.29, 0.717) is 0 Å². The van der Waals surface area contributed by atoms with E-state index in [-0.39, 0.29) is 11.7 Å². The first-order valence-corrected chi connectivity index (χ1v) is 7.22. The van der Waals surface area contributed by atoms with Gasteiger partial charge in [0.05, 0.1) is 5.82 Å². The number of benzene rings is 1. The van der Waals surface area contributed by atoms with Gasteiger partial charge < -0.3 is 14.2 Å². The quantitative estimate of drug-likeness (QED) is 0.649. The van der Waals surface area contributed by atoms with Gasteiger partial charge in [-0.1, -0.05) is 36.8 Å². The maximum atomic E-state index is 11.9. The molecule has 1 unspecified atom stereocenters. The van der Waals surface area contributed by atoms with Crippen molar-refractivity contribution in [1.82, 2.24) is 0 Å². The second-order valence-corrected chi connectivity index (χ2v) is 6.16. The van der Waals surface area contributed by atoms with E-state index in [1.165, 1.54) is 14.2 Å². The standard InChI is InChI=1S/C13H19O4P/c1-10-6-5-7-12(8-10)11(2)13(14)9-18(15,16-3)17-4/h5-9,11,14H,1-4H3/b13-9-. The van der Waals surface area contributed by atoms with Gasteiger partial charge in [0.25, 0.3) is 0 Å². The van der Waals surface area contributed by atoms with Crippen molar-refractivity contribution in [2.75, 3.05) is 14.2 Å². The zero-order valence-corrected chi connectivity index (χ0v) is 12.0. The van der Waals surface area contributed by atoms with Crippen LogP contribution in [-0.2, 0) is 13.6 Å². The van der Waals surface area contributed by atoms with E-state index in [1.54, 1.807) is 0 Å². The summed E-state index contributed by atoms with van der Waals surface area (Å²) >= 11 is 0. The lowest BCUT2D eigenvalue weighted by Crippen LogP contribution is -1.99. The van der Waals surface area contributed by atoms with Crippen LogP contribution >= 0.6 is 7.60 Å². The molecule has 0 amide bonds. The number of aliphatic hydroxyl groups is 1. The van der Waals surface area contributed by atoms with Crippen LogP contribution < -0.4 is 0 Å². The van der Waals surface area contributed by atoms with Crippen LogP contribution in [0, 0.1) is 6.92 Å². The number of allylic oxidation sites excluding steroid dienone is 1. The average molecular weight is 270 g/mol. The van der Waals surface area contributed by atoms with E-state index >= 15 is 0 Å². The SMILES string of the molecule is COP(=O)(/C=C(\O)C(C)c1cccc(C)c1)OC. The molecule has 5 heteroatoms. The lowest BCUT2D eigenvalue weighted by atomic mass is 9.98. The second kappa shape index (κ2) is 6.19. The van der Waals surface area contributed by atoms with Gasteiger partial charge in [-0.05, 0) is 12.5 Å². The Morgan fingerprint density at radius 3 is 2.50 bits per heavy atom. The third-order valence-electron chi connectivity index (χ3n) is 2.79. The van der Waals surface area contributed by atoms with E-state index in [0.717, 1.165) is 16.9 Å². The first-order chi connectivity index (χ1) is 8.41. The van der Waals surface area contributed by atoms with Gasteiger partial charge in [-0.25, -0.2) is 0 Å². The molecular weight excluding hydrogens is 251 g/mol. The highest BCUT2D eigenvalue weighted by atomic mass is 31.2. The fourth-order valence-electron chi connectivity index (χ4n) is 1.56. The smallest absolute Gasteiger partial charge is 0.357 e. The van der Waals surface area contributed by atoms with E-state index in [4.69, 9.17) is 9.05 Å². The maximum absolute atomic E-state index is 11.9. The molecule has 0 fully saturated rings. The fourth-order valence-corrected chi connectivity index (χ4v) is 2.47. The Bertz CT molecular complexity index is 474. The van der Waals surface area contributed by atoms with Gasteiger partial charge in [0.2, 0.25) is 0 Å². The minimum absolute atomic E-state index is 0.0207. The van der Waals surface area contributed by atoms with Gasteiger partial charge in [-0.2, -0.15) is 0 Å². The molecule has 0 saturated heterocycles. The summed E-state index contributed by atoms with van der Waals surface area (Å²) in [6.07, 6.45) is 0. The molecule has 4 nitrogen and oxygen atoms in total. The van der Waals surface area contributed by atoms with E-state index in [9.17, 15) is 9.67 Å². The molecule has 1 N–H and O–H groups in total. The van der Waals surface area contributed by atoms with Gasteiger partial charge in [-0.15, -0.1) is 0 Å². The van der Waals surface area contributed by atoms with Crippen molar-refractivity contribution >= 4 is 7.60 Å². The summed E-state index contributed by atoms with van der Waals surface area (Å²) in [6, 6.07) is 7.78. The topological polar surface area (TPSA) is 55.8 Å². The molecule has 1 aromatic rings. The molecule has 0 spiro atoms. The Morgan fingerprint density at radius 1 is 1.39 bits per heavy atom. The van der Waals surface area contributed by atoms with E-state index < -0.39 is 7.60 Å². The molecule has 0 heterocycles. The Labute approximate surface area is 108 Å². The van der Waals surface area contributed by atoms with Crippen LogP contribution in [0.3, 0.4) is 0 Å². The molecule has 1 rings (SSSR count). The third kappa shape index (κ3) is 3.70. The predicted molar refractivity (Wildman–Crippen MR) is 71.9 cm³/mol. The zero-order valence-electron chi connectivity index (χ0n) is 11.1. The summed E-state index contributed by atoms with van der Waals surface area (Å²) in [5.41, 5.74) is 2.05. The summed E-state index contributed by atoms with van der Waals surface area (Å²) in [7, 11) is -0.769. The summed E-state index contributed by atoms with van der Waals surface area (Å²) < 4.78 is 21.4. The lowest BCUT2D eigenvalue weighted by Gasteiger charge is -2.14. The minimum atomic E-state index is -3.34. The molecule has 0 aliphatic heterocycles. The molecule has 0 aromatic heterocycles. The van der Waals surface area contributed by atoms with Crippen molar-refractivity contribution in [2.45, 2.75) is 19.8 Å². The Hall–Kier alpha value is -1.09. The fraction of sp³-hybridized carbons (Fsp3) is 0.385. The molecule has 0 aliphatic carbocycles. The van der Waals surface area contributed by atoms with E-state index in [1.807, 2.05) is 38.1 Å². The zero-order chi connectivity index (χ0) is 13.8. The number of rotatable bonds is 5. The normalized spacial score (nSPS) is 14.6. The highest BCUT2D eigenvalue weighted by Crippen LogP contribution is 2.49. The predicted octanol–water partition coefficient (Wildman–Crippen LogP) is 3.98. The largest absolute Gasteiger partial charge is 0.511 e. The van der Waals surface area contributed by atoms with Gasteiger partial charge in [0.15, 0.2) is 0 Å². The summed E-state index contributed by atoms with van der Waals surface area (Å²) in [6.45, 7) is 3.81. The van der Waals surface area contributed by atoms with Crippen LogP contribution in [0.4, 0.5) is 0 Å². The molecule has 100 valence electrons. The summed E-state index contributed by atoms with van der Waals surface area (Å²) in [5, 5.41) is 9.99. The lowest BCUT2D eigenvalue weighted by molar-refractivity contribution is 0.283. The van der Waals surface area contributed by atoms with Crippen LogP contribution in [0.2, 0.25) is 0 Å². The van der Waals surface area contributed by atoms with E-state index in [2.05, 4.69) is 0 Å². The molecular formula is C13H19O4P. The van der Waals surface area contributed by atoms with Crippen LogP contribution in [0.25, 0.3) is 0 Å². The highest BCUT2D eigenvalue weighted by molar-refractivity contribution is 7.57. The number of hydrogen-bond donors (Lipinski definition) is 1. The van der Waals surface area contributed by atoms with Gasteiger partial charge >= 0.3 is 7.60 Å². The van der Waals surface area contributed by atoms with Crippen molar-refractivity contribution < 1.29 is 18.7 Å². The van der Waals surface area contributed by atoms with Crippen molar-refractivity contribution in [1.29, 1.82) is 0 Å². The molecule has 0 radical (unpaired) electrons. The molecule has 0 bridgehead atoms. The van der Waals surface area contributed by atoms with Crippen molar-refractivity contribution in [3.63, 3.8) is 0 Å². The van der Waals surface area contributed by atoms with Crippen molar-refractivity contribution in [3.8, 4) is 0 Å². The van der Waals surface area contributed by atoms with Crippen molar-refractivity contribution in [2.24, 2.45) is 0 Å². The molecule has 1 atom stereocenters. The summed E-state index contributed by atoms with van der Waals surface area (Å²) in [5.74, 6) is 0.871. The third-order valence-corrected chi connectivity index (χ3v) is 4.38. The van der Waals surface area contributed by atoms with Gasteiger partial charge in [0, 0.05) is 20.1 Å². The number of aryl methyl sites for hydroxylation is 1. The molecule has 1 aromatic carbocycles. The van der Waals surface area contributed by atoms with Gasteiger partial charge in [0.1, 0.15) is 5.76 Å². The summed E-state index contributed by atoms with van der Waals surface area (Å²) in [4.78, 5) is 0. The van der Waals surface area contributed by atoms with Crippen LogP contribution in [0.5, 0.6) is 0 Å². The van der Waals surface area contributed by atoms with Crippen molar-refractivity contribution in [3.05, 3.63) is 47.0 Å². The maximum Gasteiger partial charge on any atom is 0.357 e. The van der Waals surface area contributed by atoms with Crippen LogP contribution in [-0.4, -0.2) is 19.3 Å². The van der Waals surface area contributed by atoms with Crippen LogP contribution in [0.1, 0.15) is 24.0 Å². The average Bonchev–Trinajstić information content (AvgIpc) is 2.37. The molecule has 0 aliphatic rings. The molecule has 0 saturated carbocycles. The Morgan fingerprint density at radius 2 is 2.00 bits per heavy atom. The monoisotopic (exact) mass is 270 g/mol. The second-order valence-electron chi connectivity index (χ2n) is 4.09. The van der Waals surface area contributed by atoms with Crippen LogP contribution in [0.15, 0.2) is 35.8 Å². The molecule has 18 heavy (non-hydrogen) atoms. The highest BCUT2D eigenvalue weighted by Gasteiger charge is 2.21. The van der Waals surface area contributed by atoms with Gasteiger partial charge in [-0.3, -0.25) is 4.57 Å². The number of hydrogen-bond acceptors (Lipinski definition) is 4. The number of aliphatic hydroxyl groups excluding tert-OH is 1. The Kier molecular flexibility index (Phi) is 5.15. The Balaban J connectivity index is 3.00. The minimum Gasteiger partial charge on any atom is -0.511 e.